The van der Waals surface area contributed by atoms with Crippen LogP contribution in [0, 0.1) is 0 Å². The molecule has 0 aliphatic heterocycles. The van der Waals surface area contributed by atoms with E-state index in [9.17, 15) is 0 Å². The van der Waals surface area contributed by atoms with Gasteiger partial charge in [0.1, 0.15) is 0 Å². The molecule has 1 nitrogen and oxygen atoms in total. The molecule has 10 aromatic rings. The molecule has 0 atom stereocenters. The predicted molar refractivity (Wildman–Crippen MR) is 224 cm³/mol. The highest BCUT2D eigenvalue weighted by Crippen LogP contribution is 2.61. The minimum atomic E-state index is 1.17. The van der Waals surface area contributed by atoms with Crippen LogP contribution in [0.25, 0.3) is 82.1 Å². The number of hydrogen-bond donors (Lipinski definition) is 0. The van der Waals surface area contributed by atoms with E-state index >= 15 is 0 Å². The molecule has 1 heterocycles. The summed E-state index contributed by atoms with van der Waals surface area (Å²) in [5.41, 5.74) is 16.7. The van der Waals surface area contributed by atoms with E-state index in [0.717, 1.165) is 0 Å². The predicted octanol–water partition coefficient (Wildman–Crippen LogP) is 13.5. The Morgan fingerprint density at radius 3 is 1.53 bits per heavy atom. The summed E-state index contributed by atoms with van der Waals surface area (Å²) in [5, 5.41) is 10.2. The smallest absolute Gasteiger partial charge is 0.0541 e. The third-order valence-electron chi connectivity index (χ3n) is 11.7. The Morgan fingerprint density at radius 1 is 0.283 bits per heavy atom. The highest BCUT2D eigenvalue weighted by molar-refractivity contribution is 6.40. The van der Waals surface area contributed by atoms with Gasteiger partial charge >= 0.3 is 0 Å². The van der Waals surface area contributed by atoms with E-state index in [1.807, 2.05) is 0 Å². The Hall–Kier alpha value is -6.96. The first-order valence-electron chi connectivity index (χ1n) is 18.4. The second-order valence-corrected chi connectivity index (χ2v) is 14.4. The van der Waals surface area contributed by atoms with Gasteiger partial charge < -0.3 is 4.57 Å². The monoisotopic (exact) mass is 669 g/mol. The molecule has 1 heteroatoms. The maximum atomic E-state index is 2.46. The first-order valence-corrected chi connectivity index (χ1v) is 18.4. The van der Waals surface area contributed by atoms with E-state index in [0.29, 0.717) is 0 Å². The standard InChI is InChI=1S/C52H31N/c1-2-17-36(18-3-1)53-45-24-11-10-22-40(45)44-31-35(27-30-46(44)53)47-42-28-25-33-14-5-8-20-38(33)48(42)52-50(41-23-12-16-32-13-4-7-19-37(32)41)43-29-26-34-15-6-9-21-39(34)49(43)51(47)52/h1-31H. The molecule has 2 aliphatic rings. The number of allylic oxidation sites excluding steroid dienone is 2. The number of fused-ring (bicyclic) bond motifs is 13. The van der Waals surface area contributed by atoms with Crippen molar-refractivity contribution >= 4 is 76.4 Å². The van der Waals surface area contributed by atoms with Crippen molar-refractivity contribution < 1.29 is 0 Å². The van der Waals surface area contributed by atoms with Gasteiger partial charge in [-0.2, -0.15) is 0 Å². The Bertz CT molecular complexity index is 3260. The van der Waals surface area contributed by atoms with Crippen LogP contribution >= 0.6 is 0 Å². The molecule has 0 N–H and O–H groups in total. The Labute approximate surface area is 307 Å². The van der Waals surface area contributed by atoms with Crippen LogP contribution in [-0.4, -0.2) is 4.57 Å². The number of aromatic nitrogens is 1. The average molecular weight is 670 g/mol. The van der Waals surface area contributed by atoms with Crippen LogP contribution in [0.5, 0.6) is 0 Å². The van der Waals surface area contributed by atoms with Crippen LogP contribution in [0.3, 0.4) is 0 Å². The van der Waals surface area contributed by atoms with Crippen molar-refractivity contribution in [3.05, 3.63) is 221 Å². The van der Waals surface area contributed by atoms with Gasteiger partial charge in [-0.3, -0.25) is 0 Å². The molecule has 0 saturated carbocycles. The SMILES string of the molecule is c1ccc(-n2c3ccccc3c3cc(C4=C5C(=C(c6cccc7ccccc67)c6ccc7ccccc7c65)c5c4ccc4ccccc54)ccc32)cc1. The molecule has 0 amide bonds. The zero-order valence-corrected chi connectivity index (χ0v) is 28.8. The lowest BCUT2D eigenvalue weighted by Crippen LogP contribution is -1.95. The summed E-state index contributed by atoms with van der Waals surface area (Å²) in [6.07, 6.45) is 0. The molecule has 0 radical (unpaired) electrons. The van der Waals surface area contributed by atoms with Crippen molar-refractivity contribution in [2.75, 3.05) is 0 Å². The summed E-state index contributed by atoms with van der Waals surface area (Å²) >= 11 is 0. The quantitative estimate of drug-likeness (QED) is 0.176. The molecule has 1 aromatic heterocycles. The van der Waals surface area contributed by atoms with Crippen LogP contribution in [0.15, 0.2) is 188 Å². The normalized spacial score (nSPS) is 13.5. The number of para-hydroxylation sites is 2. The molecule has 9 aromatic carbocycles. The lowest BCUT2D eigenvalue weighted by molar-refractivity contribution is 1.18. The van der Waals surface area contributed by atoms with Crippen LogP contribution in [-0.2, 0) is 0 Å². The fourth-order valence-electron chi connectivity index (χ4n) is 9.52. The molecule has 0 bridgehead atoms. The zero-order valence-electron chi connectivity index (χ0n) is 28.8. The van der Waals surface area contributed by atoms with Gasteiger partial charge in [-0.1, -0.05) is 158 Å². The highest BCUT2D eigenvalue weighted by Gasteiger charge is 2.39. The van der Waals surface area contributed by atoms with Gasteiger partial charge in [0.15, 0.2) is 0 Å². The summed E-state index contributed by atoms with van der Waals surface area (Å²) < 4.78 is 2.41. The third kappa shape index (κ3) is 3.91. The van der Waals surface area contributed by atoms with Gasteiger partial charge in [-0.05, 0) is 118 Å². The van der Waals surface area contributed by atoms with Crippen molar-refractivity contribution in [1.82, 2.24) is 4.57 Å². The Kier molecular flexibility index (Phi) is 5.84. The van der Waals surface area contributed by atoms with Crippen molar-refractivity contribution in [2.24, 2.45) is 0 Å². The van der Waals surface area contributed by atoms with Gasteiger partial charge in [-0.25, -0.2) is 0 Å². The van der Waals surface area contributed by atoms with Crippen molar-refractivity contribution in [2.45, 2.75) is 0 Å². The van der Waals surface area contributed by atoms with E-state index in [1.165, 1.54) is 115 Å². The van der Waals surface area contributed by atoms with E-state index < -0.39 is 0 Å². The molecular weight excluding hydrogens is 639 g/mol. The highest BCUT2D eigenvalue weighted by atomic mass is 15.0. The fourth-order valence-corrected chi connectivity index (χ4v) is 9.52. The molecule has 0 unspecified atom stereocenters. The lowest BCUT2D eigenvalue weighted by atomic mass is 9.87. The third-order valence-corrected chi connectivity index (χ3v) is 11.7. The summed E-state index contributed by atoms with van der Waals surface area (Å²) in [5.74, 6) is 0. The molecule has 53 heavy (non-hydrogen) atoms. The summed E-state index contributed by atoms with van der Waals surface area (Å²) in [6, 6.07) is 69.7. The maximum Gasteiger partial charge on any atom is 0.0541 e. The molecule has 0 saturated heterocycles. The minimum absolute atomic E-state index is 1.17. The lowest BCUT2D eigenvalue weighted by Gasteiger charge is -2.16. The molecule has 12 rings (SSSR count). The van der Waals surface area contributed by atoms with E-state index in [1.54, 1.807) is 0 Å². The minimum Gasteiger partial charge on any atom is -0.309 e. The van der Waals surface area contributed by atoms with Gasteiger partial charge in [0, 0.05) is 16.5 Å². The largest absolute Gasteiger partial charge is 0.309 e. The first-order chi connectivity index (χ1) is 26.3. The summed E-state index contributed by atoms with van der Waals surface area (Å²) in [6.45, 7) is 0. The van der Waals surface area contributed by atoms with Gasteiger partial charge in [0.05, 0.1) is 11.0 Å². The van der Waals surface area contributed by atoms with Gasteiger partial charge in [0.25, 0.3) is 0 Å². The van der Waals surface area contributed by atoms with Crippen LogP contribution < -0.4 is 0 Å². The molecule has 0 fully saturated rings. The Morgan fingerprint density at radius 2 is 0.811 bits per heavy atom. The average Bonchev–Trinajstić information content (AvgIpc) is 3.86. The molecule has 244 valence electrons. The molecular formula is C52H31N. The van der Waals surface area contributed by atoms with Crippen molar-refractivity contribution in [3.63, 3.8) is 0 Å². The maximum absolute atomic E-state index is 2.46. The van der Waals surface area contributed by atoms with E-state index in [-0.39, 0.29) is 0 Å². The first kappa shape index (κ1) is 28.7. The van der Waals surface area contributed by atoms with Crippen molar-refractivity contribution in [3.8, 4) is 5.69 Å². The van der Waals surface area contributed by atoms with Gasteiger partial charge in [-0.15, -0.1) is 0 Å². The zero-order chi connectivity index (χ0) is 34.6. The number of rotatable bonds is 3. The molecule has 2 aliphatic carbocycles. The number of hydrogen-bond acceptors (Lipinski definition) is 0. The summed E-state index contributed by atoms with van der Waals surface area (Å²) in [4.78, 5) is 0. The van der Waals surface area contributed by atoms with Crippen LogP contribution in [0.4, 0.5) is 0 Å². The number of benzene rings is 9. The van der Waals surface area contributed by atoms with E-state index in [4.69, 9.17) is 0 Å². The van der Waals surface area contributed by atoms with E-state index in [2.05, 4.69) is 193 Å². The topological polar surface area (TPSA) is 4.93 Å². The second kappa shape index (κ2) is 10.8. The van der Waals surface area contributed by atoms with Crippen LogP contribution in [0.1, 0.15) is 33.4 Å². The van der Waals surface area contributed by atoms with Gasteiger partial charge in [0.2, 0.25) is 0 Å². The summed E-state index contributed by atoms with van der Waals surface area (Å²) in [7, 11) is 0. The molecule has 0 spiro atoms. The van der Waals surface area contributed by atoms with Crippen molar-refractivity contribution in [1.29, 1.82) is 0 Å². The number of nitrogens with zero attached hydrogens (tertiary/aromatic N) is 1. The van der Waals surface area contributed by atoms with Crippen LogP contribution in [0.2, 0.25) is 0 Å². The Balaban J connectivity index is 1.26. The second-order valence-electron chi connectivity index (χ2n) is 14.4. The fraction of sp³-hybridized carbons (Fsp3) is 0.